The van der Waals surface area contributed by atoms with Crippen molar-refractivity contribution in [2.24, 2.45) is 0 Å². The Labute approximate surface area is 108 Å². The Morgan fingerprint density at radius 3 is 2.50 bits per heavy atom. The van der Waals surface area contributed by atoms with Crippen LogP contribution in [0.1, 0.15) is 32.3 Å². The lowest BCUT2D eigenvalue weighted by Crippen LogP contribution is -2.38. The molecule has 0 unspecified atom stereocenters. The number of carboxylic acid groups (broad SMARTS) is 1. The molecule has 1 aromatic carbocycles. The van der Waals surface area contributed by atoms with E-state index in [0.29, 0.717) is 0 Å². The third kappa shape index (κ3) is 2.73. The van der Waals surface area contributed by atoms with E-state index in [0.717, 1.165) is 18.2 Å². The van der Waals surface area contributed by atoms with E-state index in [-0.39, 0.29) is 5.54 Å². The maximum Gasteiger partial charge on any atom is 0.328 e. The molecule has 1 aliphatic rings. The first kappa shape index (κ1) is 12.7. The van der Waals surface area contributed by atoms with Gasteiger partial charge in [-0.15, -0.1) is 0 Å². The fourth-order valence-corrected chi connectivity index (χ4v) is 2.52. The molecule has 1 aromatic rings. The molecular formula is C15H19NO2. The molecule has 1 saturated heterocycles. The van der Waals surface area contributed by atoms with Crippen molar-refractivity contribution in [1.29, 1.82) is 0 Å². The van der Waals surface area contributed by atoms with E-state index < -0.39 is 5.97 Å². The van der Waals surface area contributed by atoms with Crippen LogP contribution in [0.25, 0.3) is 6.08 Å². The van der Waals surface area contributed by atoms with Gasteiger partial charge >= 0.3 is 5.97 Å². The van der Waals surface area contributed by atoms with Gasteiger partial charge in [0.15, 0.2) is 0 Å². The van der Waals surface area contributed by atoms with Crippen LogP contribution in [0, 0.1) is 0 Å². The number of carboxylic acids is 1. The van der Waals surface area contributed by atoms with Crippen LogP contribution in [0.15, 0.2) is 30.3 Å². The van der Waals surface area contributed by atoms with Gasteiger partial charge in [-0.05, 0) is 50.5 Å². The Morgan fingerprint density at radius 2 is 2.00 bits per heavy atom. The molecule has 2 rings (SSSR count). The second kappa shape index (κ2) is 4.84. The zero-order valence-corrected chi connectivity index (χ0v) is 10.9. The normalized spacial score (nSPS) is 18.4. The molecule has 0 spiro atoms. The number of rotatable bonds is 3. The third-order valence-electron chi connectivity index (χ3n) is 3.52. The number of anilines is 1. The molecule has 0 bridgehead atoms. The standard InChI is InChI=1S/C15H19NO2/c1-15(2)10-3-11-16(15)13-7-4-12(5-8-13)6-9-14(17)18/h4-9H,3,10-11H2,1-2H3,(H,17,18). The lowest BCUT2D eigenvalue weighted by Gasteiger charge is -2.33. The Bertz CT molecular complexity index is 460. The van der Waals surface area contributed by atoms with E-state index in [2.05, 4.69) is 30.9 Å². The monoisotopic (exact) mass is 245 g/mol. The van der Waals surface area contributed by atoms with E-state index >= 15 is 0 Å². The van der Waals surface area contributed by atoms with Crippen LogP contribution < -0.4 is 4.90 Å². The number of nitrogens with zero attached hydrogens (tertiary/aromatic N) is 1. The number of benzene rings is 1. The van der Waals surface area contributed by atoms with E-state index in [1.165, 1.54) is 18.5 Å². The van der Waals surface area contributed by atoms with Gasteiger partial charge in [0.1, 0.15) is 0 Å². The molecule has 1 fully saturated rings. The topological polar surface area (TPSA) is 40.5 Å². The predicted octanol–water partition coefficient (Wildman–Crippen LogP) is 3.16. The van der Waals surface area contributed by atoms with Crippen molar-refractivity contribution in [3.63, 3.8) is 0 Å². The summed E-state index contributed by atoms with van der Waals surface area (Å²) in [5, 5.41) is 8.58. The molecule has 0 amide bonds. The van der Waals surface area contributed by atoms with Crippen molar-refractivity contribution in [2.45, 2.75) is 32.2 Å². The molecule has 3 nitrogen and oxygen atoms in total. The highest BCUT2D eigenvalue weighted by atomic mass is 16.4. The highest BCUT2D eigenvalue weighted by molar-refractivity contribution is 5.85. The average Bonchev–Trinajstić information content (AvgIpc) is 2.67. The minimum atomic E-state index is -0.917. The summed E-state index contributed by atoms with van der Waals surface area (Å²) in [7, 11) is 0. The number of aliphatic carboxylic acids is 1. The van der Waals surface area contributed by atoms with Crippen LogP contribution in [0.5, 0.6) is 0 Å². The van der Waals surface area contributed by atoms with Crippen LogP contribution in [0.3, 0.4) is 0 Å². The summed E-state index contributed by atoms with van der Waals surface area (Å²) < 4.78 is 0. The fraction of sp³-hybridized carbons (Fsp3) is 0.400. The van der Waals surface area contributed by atoms with Crippen molar-refractivity contribution in [3.05, 3.63) is 35.9 Å². The average molecular weight is 245 g/mol. The van der Waals surface area contributed by atoms with Crippen LogP contribution in [0.2, 0.25) is 0 Å². The van der Waals surface area contributed by atoms with Crippen LogP contribution in [0.4, 0.5) is 5.69 Å². The van der Waals surface area contributed by atoms with Gasteiger partial charge in [0, 0.05) is 23.8 Å². The van der Waals surface area contributed by atoms with Gasteiger partial charge in [0.05, 0.1) is 0 Å². The summed E-state index contributed by atoms with van der Waals surface area (Å²) in [5.41, 5.74) is 2.35. The maximum atomic E-state index is 10.4. The highest BCUT2D eigenvalue weighted by Gasteiger charge is 2.31. The highest BCUT2D eigenvalue weighted by Crippen LogP contribution is 2.33. The van der Waals surface area contributed by atoms with Gasteiger partial charge < -0.3 is 10.0 Å². The molecule has 1 N–H and O–H groups in total. The summed E-state index contributed by atoms with van der Waals surface area (Å²) in [6.07, 6.45) is 5.22. The number of hydrogen-bond acceptors (Lipinski definition) is 2. The second-order valence-corrected chi connectivity index (χ2v) is 5.33. The fourth-order valence-electron chi connectivity index (χ4n) is 2.52. The van der Waals surface area contributed by atoms with E-state index in [1.54, 1.807) is 6.08 Å². The lowest BCUT2D eigenvalue weighted by molar-refractivity contribution is -0.131. The van der Waals surface area contributed by atoms with E-state index in [4.69, 9.17) is 5.11 Å². The molecule has 0 saturated carbocycles. The van der Waals surface area contributed by atoms with Crippen LogP contribution >= 0.6 is 0 Å². The lowest BCUT2D eigenvalue weighted by atomic mass is 10.0. The number of hydrogen-bond donors (Lipinski definition) is 1. The van der Waals surface area contributed by atoms with Crippen molar-refractivity contribution in [2.75, 3.05) is 11.4 Å². The summed E-state index contributed by atoms with van der Waals surface area (Å²) in [6, 6.07) is 8.05. The third-order valence-corrected chi connectivity index (χ3v) is 3.52. The zero-order valence-electron chi connectivity index (χ0n) is 10.9. The van der Waals surface area contributed by atoms with Crippen molar-refractivity contribution < 1.29 is 9.90 Å². The molecule has 0 atom stereocenters. The molecule has 96 valence electrons. The smallest absolute Gasteiger partial charge is 0.328 e. The SMILES string of the molecule is CC1(C)CCCN1c1ccc(C=CC(=O)O)cc1. The minimum Gasteiger partial charge on any atom is -0.478 e. The second-order valence-electron chi connectivity index (χ2n) is 5.33. The number of carbonyl (C=O) groups is 1. The molecule has 0 aliphatic carbocycles. The molecule has 0 radical (unpaired) electrons. The first-order chi connectivity index (χ1) is 8.49. The van der Waals surface area contributed by atoms with Crippen molar-refractivity contribution in [3.8, 4) is 0 Å². The van der Waals surface area contributed by atoms with Crippen molar-refractivity contribution >= 4 is 17.7 Å². The minimum absolute atomic E-state index is 0.221. The van der Waals surface area contributed by atoms with Crippen LogP contribution in [-0.4, -0.2) is 23.2 Å². The van der Waals surface area contributed by atoms with Gasteiger partial charge in [-0.1, -0.05) is 12.1 Å². The summed E-state index contributed by atoms with van der Waals surface area (Å²) in [6.45, 7) is 5.62. The van der Waals surface area contributed by atoms with E-state index in [9.17, 15) is 4.79 Å². The van der Waals surface area contributed by atoms with Gasteiger partial charge in [-0.2, -0.15) is 0 Å². The Hall–Kier alpha value is -1.77. The van der Waals surface area contributed by atoms with Crippen LogP contribution in [-0.2, 0) is 4.79 Å². The molecular weight excluding hydrogens is 226 g/mol. The Morgan fingerprint density at radius 1 is 1.33 bits per heavy atom. The Balaban J connectivity index is 2.15. The van der Waals surface area contributed by atoms with Crippen molar-refractivity contribution in [1.82, 2.24) is 0 Å². The summed E-state index contributed by atoms with van der Waals surface area (Å²) in [5.74, 6) is -0.917. The van der Waals surface area contributed by atoms with Gasteiger partial charge in [-0.25, -0.2) is 4.79 Å². The van der Waals surface area contributed by atoms with E-state index in [1.807, 2.05) is 12.1 Å². The molecule has 0 aromatic heterocycles. The molecule has 18 heavy (non-hydrogen) atoms. The Kier molecular flexibility index (Phi) is 3.41. The zero-order chi connectivity index (χ0) is 13.2. The molecule has 1 aliphatic heterocycles. The first-order valence-electron chi connectivity index (χ1n) is 6.28. The first-order valence-corrected chi connectivity index (χ1v) is 6.28. The molecule has 1 heterocycles. The predicted molar refractivity (Wildman–Crippen MR) is 73.8 cm³/mol. The maximum absolute atomic E-state index is 10.4. The summed E-state index contributed by atoms with van der Waals surface area (Å²) >= 11 is 0. The van der Waals surface area contributed by atoms with Gasteiger partial charge in [-0.3, -0.25) is 0 Å². The summed E-state index contributed by atoms with van der Waals surface area (Å²) in [4.78, 5) is 12.9. The van der Waals surface area contributed by atoms with Gasteiger partial charge in [0.2, 0.25) is 0 Å². The largest absolute Gasteiger partial charge is 0.478 e. The quantitative estimate of drug-likeness (QED) is 0.831. The molecule has 3 heteroatoms. The van der Waals surface area contributed by atoms with Gasteiger partial charge in [0.25, 0.3) is 0 Å².